The van der Waals surface area contributed by atoms with Gasteiger partial charge in [-0.25, -0.2) is 4.98 Å². The smallest absolute Gasteiger partial charge is 0.212 e. The van der Waals surface area contributed by atoms with E-state index in [1.54, 1.807) is 0 Å². The fourth-order valence-corrected chi connectivity index (χ4v) is 2.07. The normalized spacial score (nSPS) is 11.6. The zero-order valence-electron chi connectivity index (χ0n) is 7.87. The molecular weight excluding hydrogens is 256 g/mol. The van der Waals surface area contributed by atoms with E-state index >= 15 is 0 Å². The molecule has 0 bridgehead atoms. The maximum atomic E-state index is 5.57. The van der Waals surface area contributed by atoms with Crippen molar-refractivity contribution in [1.82, 2.24) is 14.4 Å². The number of halogens is 1. The first-order valence-corrected chi connectivity index (χ1v) is 5.42. The molecule has 0 saturated heterocycles. The van der Waals surface area contributed by atoms with E-state index in [1.807, 2.05) is 28.8 Å². The molecule has 0 fully saturated rings. The van der Waals surface area contributed by atoms with Gasteiger partial charge in [0.2, 0.25) is 5.78 Å². The minimum absolute atomic E-state index is 0.499. The van der Waals surface area contributed by atoms with Crippen molar-refractivity contribution < 1.29 is 0 Å². The Morgan fingerprint density at radius 1 is 1.47 bits per heavy atom. The predicted octanol–water partition coefficient (Wildman–Crippen LogP) is 2.04. The van der Waals surface area contributed by atoms with Crippen molar-refractivity contribution in [3.63, 3.8) is 0 Å². The number of hydrogen-bond acceptors (Lipinski definition) is 2. The summed E-state index contributed by atoms with van der Waals surface area (Å²) in [5, 5.41) is 0. The second-order valence-corrected chi connectivity index (χ2v) is 4.34. The second kappa shape index (κ2) is 3.08. The van der Waals surface area contributed by atoms with Crippen molar-refractivity contribution in [3.8, 4) is 0 Å². The number of benzene rings is 1. The van der Waals surface area contributed by atoms with Gasteiger partial charge in [-0.15, -0.1) is 0 Å². The Balaban J connectivity index is 2.42. The molecule has 0 unspecified atom stereocenters. The lowest BCUT2D eigenvalue weighted by molar-refractivity contribution is 1.01. The summed E-state index contributed by atoms with van der Waals surface area (Å²) < 4.78 is 3.06. The lowest BCUT2D eigenvalue weighted by Gasteiger charge is -1.91. The highest BCUT2D eigenvalue weighted by atomic mass is 79.9. The van der Waals surface area contributed by atoms with Gasteiger partial charge in [-0.05, 0) is 18.2 Å². The van der Waals surface area contributed by atoms with Crippen LogP contribution in [-0.4, -0.2) is 14.4 Å². The summed E-state index contributed by atoms with van der Waals surface area (Å²) >= 11 is 3.45. The fraction of sp³-hybridized carbons (Fsp3) is 0.100. The maximum absolute atomic E-state index is 5.57. The molecule has 4 nitrogen and oxygen atoms in total. The van der Waals surface area contributed by atoms with Crippen LogP contribution in [0.5, 0.6) is 0 Å². The van der Waals surface area contributed by atoms with Crippen molar-refractivity contribution in [3.05, 3.63) is 34.6 Å². The SMILES string of the molecule is NCc1cn2c(nc3ccc(Br)cc32)[nH]1. The Kier molecular flexibility index (Phi) is 1.83. The molecule has 0 aliphatic heterocycles. The standard InChI is InChI=1S/C10H9BrN4/c11-6-1-2-8-9(3-6)15-5-7(4-12)13-10(15)14-8/h1-3,5H,4,12H2,(H,13,14). The van der Waals surface area contributed by atoms with Crippen LogP contribution >= 0.6 is 15.9 Å². The van der Waals surface area contributed by atoms with E-state index in [4.69, 9.17) is 5.73 Å². The highest BCUT2D eigenvalue weighted by molar-refractivity contribution is 9.10. The zero-order valence-corrected chi connectivity index (χ0v) is 9.45. The van der Waals surface area contributed by atoms with Crippen LogP contribution < -0.4 is 5.73 Å². The molecule has 15 heavy (non-hydrogen) atoms. The van der Waals surface area contributed by atoms with Gasteiger partial charge in [0, 0.05) is 22.9 Å². The maximum Gasteiger partial charge on any atom is 0.212 e. The zero-order chi connectivity index (χ0) is 10.4. The van der Waals surface area contributed by atoms with Crippen molar-refractivity contribution in [1.29, 1.82) is 0 Å². The minimum atomic E-state index is 0.499. The van der Waals surface area contributed by atoms with Gasteiger partial charge < -0.3 is 10.7 Å². The fourth-order valence-electron chi connectivity index (χ4n) is 1.72. The van der Waals surface area contributed by atoms with Gasteiger partial charge in [-0.2, -0.15) is 0 Å². The van der Waals surface area contributed by atoms with E-state index in [-0.39, 0.29) is 0 Å². The number of nitrogens with one attached hydrogen (secondary N) is 1. The van der Waals surface area contributed by atoms with E-state index in [2.05, 4.69) is 25.9 Å². The summed E-state index contributed by atoms with van der Waals surface area (Å²) in [6.45, 7) is 0.499. The average molecular weight is 265 g/mol. The molecule has 5 heteroatoms. The molecule has 3 N–H and O–H groups in total. The Hall–Kier alpha value is -1.33. The predicted molar refractivity (Wildman–Crippen MR) is 62.6 cm³/mol. The van der Waals surface area contributed by atoms with Gasteiger partial charge in [0.25, 0.3) is 0 Å². The van der Waals surface area contributed by atoms with Crippen molar-refractivity contribution >= 4 is 32.7 Å². The quantitative estimate of drug-likeness (QED) is 0.707. The minimum Gasteiger partial charge on any atom is -0.326 e. The number of hydrogen-bond donors (Lipinski definition) is 2. The van der Waals surface area contributed by atoms with Crippen LogP contribution in [-0.2, 0) is 6.54 Å². The summed E-state index contributed by atoms with van der Waals surface area (Å²) in [7, 11) is 0. The van der Waals surface area contributed by atoms with Crippen LogP contribution in [0, 0.1) is 0 Å². The number of imidazole rings is 2. The number of H-pyrrole nitrogens is 1. The number of fused-ring (bicyclic) bond motifs is 3. The molecule has 0 atom stereocenters. The van der Waals surface area contributed by atoms with Crippen molar-refractivity contribution in [2.75, 3.05) is 0 Å². The number of nitrogens with two attached hydrogens (primary N) is 1. The molecule has 0 spiro atoms. The van der Waals surface area contributed by atoms with Crippen LogP contribution in [0.15, 0.2) is 28.9 Å². The Morgan fingerprint density at radius 3 is 3.13 bits per heavy atom. The number of aromatic nitrogens is 3. The van der Waals surface area contributed by atoms with Gasteiger partial charge >= 0.3 is 0 Å². The molecule has 3 rings (SSSR count). The van der Waals surface area contributed by atoms with Crippen LogP contribution in [0.25, 0.3) is 16.8 Å². The number of rotatable bonds is 1. The Morgan fingerprint density at radius 2 is 2.33 bits per heavy atom. The molecule has 1 aromatic carbocycles. The van der Waals surface area contributed by atoms with Crippen LogP contribution in [0.4, 0.5) is 0 Å². The van der Waals surface area contributed by atoms with E-state index in [0.29, 0.717) is 6.54 Å². The monoisotopic (exact) mass is 264 g/mol. The third kappa shape index (κ3) is 1.27. The van der Waals surface area contributed by atoms with Crippen molar-refractivity contribution in [2.24, 2.45) is 5.73 Å². The van der Waals surface area contributed by atoms with Gasteiger partial charge in [0.15, 0.2) is 0 Å². The largest absolute Gasteiger partial charge is 0.326 e. The third-order valence-corrected chi connectivity index (χ3v) is 2.92. The topological polar surface area (TPSA) is 59.1 Å². The highest BCUT2D eigenvalue weighted by Gasteiger charge is 2.07. The van der Waals surface area contributed by atoms with Crippen LogP contribution in [0.3, 0.4) is 0 Å². The molecule has 76 valence electrons. The average Bonchev–Trinajstić information content (AvgIpc) is 2.75. The van der Waals surface area contributed by atoms with E-state index < -0.39 is 0 Å². The summed E-state index contributed by atoms with van der Waals surface area (Å²) in [5.74, 6) is 0.837. The molecular formula is C10H9BrN4. The molecule has 0 radical (unpaired) electrons. The molecule has 2 heterocycles. The van der Waals surface area contributed by atoms with Gasteiger partial charge in [0.1, 0.15) is 0 Å². The van der Waals surface area contributed by atoms with Gasteiger partial charge in [-0.1, -0.05) is 15.9 Å². The van der Waals surface area contributed by atoms with Crippen LogP contribution in [0.2, 0.25) is 0 Å². The number of aromatic amines is 1. The van der Waals surface area contributed by atoms with Crippen molar-refractivity contribution in [2.45, 2.75) is 6.54 Å². The van der Waals surface area contributed by atoms with E-state index in [0.717, 1.165) is 27.0 Å². The first-order chi connectivity index (χ1) is 7.28. The molecule has 2 aromatic heterocycles. The molecule has 0 saturated carbocycles. The summed E-state index contributed by atoms with van der Waals surface area (Å²) in [6, 6.07) is 6.02. The van der Waals surface area contributed by atoms with Gasteiger partial charge in [-0.3, -0.25) is 4.40 Å². The summed E-state index contributed by atoms with van der Waals surface area (Å²) in [6.07, 6.45) is 1.98. The highest BCUT2D eigenvalue weighted by Crippen LogP contribution is 2.21. The molecule has 0 amide bonds. The first kappa shape index (κ1) is 8.94. The van der Waals surface area contributed by atoms with E-state index in [1.165, 1.54) is 0 Å². The lowest BCUT2D eigenvalue weighted by atomic mass is 10.3. The molecule has 0 aliphatic rings. The number of nitrogens with zero attached hydrogens (tertiary/aromatic N) is 2. The first-order valence-electron chi connectivity index (χ1n) is 4.63. The molecule has 0 aliphatic carbocycles. The Labute approximate surface area is 94.2 Å². The summed E-state index contributed by atoms with van der Waals surface area (Å²) in [4.78, 5) is 7.62. The van der Waals surface area contributed by atoms with E-state index in [9.17, 15) is 0 Å². The summed E-state index contributed by atoms with van der Waals surface area (Å²) in [5.41, 5.74) is 8.61. The Bertz CT molecular complexity index is 637. The van der Waals surface area contributed by atoms with Crippen LogP contribution in [0.1, 0.15) is 5.69 Å². The second-order valence-electron chi connectivity index (χ2n) is 3.42. The lowest BCUT2D eigenvalue weighted by Crippen LogP contribution is -1.95. The third-order valence-electron chi connectivity index (χ3n) is 2.43. The van der Waals surface area contributed by atoms with Gasteiger partial charge in [0.05, 0.1) is 11.0 Å². The molecule has 3 aromatic rings.